The quantitative estimate of drug-likeness (QED) is 0.658. The summed E-state index contributed by atoms with van der Waals surface area (Å²) in [5.41, 5.74) is 3.35. The first-order valence-electron chi connectivity index (χ1n) is 9.04. The van der Waals surface area contributed by atoms with Gasteiger partial charge < -0.3 is 14.6 Å². The molecule has 30 heavy (non-hydrogen) atoms. The number of carbonyl (C=O) groups excluding carboxylic acids is 1. The second kappa shape index (κ2) is 8.44. The smallest absolute Gasteiger partial charge is 0.406 e. The number of aryl methyl sites for hydroxylation is 2. The fourth-order valence-electron chi connectivity index (χ4n) is 2.89. The largest absolute Gasteiger partial charge is 0.573 e. The molecule has 3 rings (SSSR count). The lowest BCUT2D eigenvalue weighted by atomic mass is 10.1. The van der Waals surface area contributed by atoms with E-state index < -0.39 is 12.3 Å². The van der Waals surface area contributed by atoms with Gasteiger partial charge in [-0.2, -0.15) is 0 Å². The number of hydrogen-bond donors (Lipinski definition) is 1. The first-order valence-corrected chi connectivity index (χ1v) is 9.04. The van der Waals surface area contributed by atoms with E-state index in [0.29, 0.717) is 12.2 Å². The Morgan fingerprint density at radius 1 is 1.03 bits per heavy atom. The Morgan fingerprint density at radius 3 is 2.40 bits per heavy atom. The van der Waals surface area contributed by atoms with E-state index in [2.05, 4.69) is 10.1 Å². The third-order valence-electron chi connectivity index (χ3n) is 4.44. The molecule has 0 spiro atoms. The average Bonchev–Trinajstić information content (AvgIpc) is 2.66. The lowest BCUT2D eigenvalue weighted by Gasteiger charge is -2.12. The highest BCUT2D eigenvalue weighted by Gasteiger charge is 2.30. The molecule has 0 bridgehead atoms. The van der Waals surface area contributed by atoms with Crippen LogP contribution in [0.3, 0.4) is 0 Å². The first kappa shape index (κ1) is 21.2. The lowest BCUT2D eigenvalue weighted by Crippen LogP contribution is -2.23. The van der Waals surface area contributed by atoms with Gasteiger partial charge in [-0.1, -0.05) is 23.8 Å². The maximum Gasteiger partial charge on any atom is 0.573 e. The summed E-state index contributed by atoms with van der Waals surface area (Å²) in [6, 6.07) is 13.4. The van der Waals surface area contributed by atoms with E-state index in [1.54, 1.807) is 0 Å². The van der Waals surface area contributed by atoms with Crippen molar-refractivity contribution in [3.8, 4) is 5.75 Å². The molecule has 0 radical (unpaired) electrons. The number of hydrogen-bond acceptors (Lipinski definition) is 3. The van der Waals surface area contributed by atoms with Gasteiger partial charge in [0.2, 0.25) is 0 Å². The SMILES string of the molecule is Cc1ccc(C)c(Cn2cc(C(=O)Nc3ccc(OC(F)(F)F)cc3)ccc2=O)c1. The summed E-state index contributed by atoms with van der Waals surface area (Å²) in [4.78, 5) is 24.8. The van der Waals surface area contributed by atoms with Crippen LogP contribution in [0.2, 0.25) is 0 Å². The highest BCUT2D eigenvalue weighted by atomic mass is 19.4. The van der Waals surface area contributed by atoms with Crippen molar-refractivity contribution >= 4 is 11.6 Å². The van der Waals surface area contributed by atoms with Crippen LogP contribution in [0.5, 0.6) is 5.75 Å². The molecular weight excluding hydrogens is 397 g/mol. The van der Waals surface area contributed by atoms with Crippen molar-refractivity contribution in [1.82, 2.24) is 4.57 Å². The number of rotatable bonds is 5. The number of carbonyl (C=O) groups is 1. The van der Waals surface area contributed by atoms with Gasteiger partial charge in [-0.15, -0.1) is 13.2 Å². The minimum atomic E-state index is -4.78. The van der Waals surface area contributed by atoms with Crippen LogP contribution in [0.15, 0.2) is 65.6 Å². The van der Waals surface area contributed by atoms with E-state index in [1.165, 1.54) is 35.0 Å². The molecule has 0 atom stereocenters. The first-order chi connectivity index (χ1) is 14.1. The van der Waals surface area contributed by atoms with E-state index >= 15 is 0 Å². The number of aromatic nitrogens is 1. The van der Waals surface area contributed by atoms with Crippen LogP contribution in [0.4, 0.5) is 18.9 Å². The zero-order valence-corrected chi connectivity index (χ0v) is 16.3. The monoisotopic (exact) mass is 416 g/mol. The maximum absolute atomic E-state index is 12.5. The Hall–Kier alpha value is -3.55. The van der Waals surface area contributed by atoms with Crippen LogP contribution in [-0.2, 0) is 6.54 Å². The van der Waals surface area contributed by atoms with Gasteiger partial charge in [0.15, 0.2) is 0 Å². The van der Waals surface area contributed by atoms with E-state index in [0.717, 1.165) is 28.8 Å². The van der Waals surface area contributed by atoms with E-state index in [9.17, 15) is 22.8 Å². The zero-order chi connectivity index (χ0) is 21.9. The molecule has 1 aromatic heterocycles. The molecule has 0 saturated carbocycles. The fraction of sp³-hybridized carbons (Fsp3) is 0.182. The lowest BCUT2D eigenvalue weighted by molar-refractivity contribution is -0.274. The number of pyridine rings is 1. The number of amides is 1. The molecule has 156 valence electrons. The summed E-state index contributed by atoms with van der Waals surface area (Å²) in [6.07, 6.45) is -3.32. The van der Waals surface area contributed by atoms with Crippen molar-refractivity contribution in [2.75, 3.05) is 5.32 Å². The summed E-state index contributed by atoms with van der Waals surface area (Å²) in [5.74, 6) is -0.878. The number of alkyl halides is 3. The Labute approximate surface area is 170 Å². The van der Waals surface area contributed by atoms with Crippen molar-refractivity contribution in [3.63, 3.8) is 0 Å². The summed E-state index contributed by atoms with van der Waals surface area (Å²) in [5, 5.41) is 2.59. The number of benzene rings is 2. The molecule has 0 aliphatic rings. The third kappa shape index (κ3) is 5.50. The molecule has 0 fully saturated rings. The van der Waals surface area contributed by atoms with Crippen LogP contribution >= 0.6 is 0 Å². The molecule has 2 aromatic carbocycles. The molecule has 0 aliphatic carbocycles. The standard InChI is InChI=1S/C22H19F3N2O3/c1-14-3-4-15(2)17(11-14)13-27-12-16(5-10-20(27)28)21(29)26-18-6-8-19(9-7-18)30-22(23,24)25/h3-12H,13H2,1-2H3,(H,26,29). The molecule has 0 aliphatic heterocycles. The average molecular weight is 416 g/mol. The van der Waals surface area contributed by atoms with Crippen molar-refractivity contribution in [2.45, 2.75) is 26.8 Å². The molecule has 1 amide bonds. The van der Waals surface area contributed by atoms with Gasteiger partial charge in [0.25, 0.3) is 11.5 Å². The normalized spacial score (nSPS) is 11.2. The minimum absolute atomic E-state index is 0.246. The number of anilines is 1. The van der Waals surface area contributed by atoms with Crippen molar-refractivity contribution in [3.05, 3.63) is 93.4 Å². The summed E-state index contributed by atoms with van der Waals surface area (Å²) >= 11 is 0. The molecule has 1 heterocycles. The van der Waals surface area contributed by atoms with E-state index in [-0.39, 0.29) is 16.9 Å². The topological polar surface area (TPSA) is 60.3 Å². The van der Waals surface area contributed by atoms with Gasteiger partial charge in [0.05, 0.1) is 12.1 Å². The molecule has 0 unspecified atom stereocenters. The van der Waals surface area contributed by atoms with Gasteiger partial charge in [-0.3, -0.25) is 9.59 Å². The number of nitrogens with one attached hydrogen (secondary N) is 1. The summed E-state index contributed by atoms with van der Waals surface area (Å²) in [6.45, 7) is 4.22. The van der Waals surface area contributed by atoms with Gasteiger partial charge in [-0.25, -0.2) is 0 Å². The van der Waals surface area contributed by atoms with Gasteiger partial charge in [0, 0.05) is 18.0 Å². The predicted octanol–water partition coefficient (Wildman–Crippen LogP) is 4.66. The van der Waals surface area contributed by atoms with E-state index in [4.69, 9.17) is 0 Å². The number of halogens is 3. The highest BCUT2D eigenvalue weighted by Crippen LogP contribution is 2.24. The zero-order valence-electron chi connectivity index (χ0n) is 16.3. The minimum Gasteiger partial charge on any atom is -0.406 e. The highest BCUT2D eigenvalue weighted by molar-refractivity contribution is 6.04. The Balaban J connectivity index is 1.76. The molecule has 0 saturated heterocycles. The fourth-order valence-corrected chi connectivity index (χ4v) is 2.89. The maximum atomic E-state index is 12.5. The Kier molecular flexibility index (Phi) is 5.96. The Bertz CT molecular complexity index is 1120. The second-order valence-electron chi connectivity index (χ2n) is 6.84. The molecular formula is C22H19F3N2O3. The van der Waals surface area contributed by atoms with Crippen molar-refractivity contribution < 1.29 is 22.7 Å². The van der Waals surface area contributed by atoms with Crippen LogP contribution in [0.25, 0.3) is 0 Å². The summed E-state index contributed by atoms with van der Waals surface area (Å²) in [7, 11) is 0. The molecule has 5 nitrogen and oxygen atoms in total. The van der Waals surface area contributed by atoms with Crippen molar-refractivity contribution in [1.29, 1.82) is 0 Å². The Morgan fingerprint density at radius 2 is 1.73 bits per heavy atom. The molecule has 1 N–H and O–H groups in total. The second-order valence-corrected chi connectivity index (χ2v) is 6.84. The van der Waals surface area contributed by atoms with Crippen LogP contribution in [0.1, 0.15) is 27.0 Å². The van der Waals surface area contributed by atoms with Gasteiger partial charge in [-0.05, 0) is 55.3 Å². The third-order valence-corrected chi connectivity index (χ3v) is 4.44. The van der Waals surface area contributed by atoms with Crippen LogP contribution < -0.4 is 15.6 Å². The van der Waals surface area contributed by atoms with Crippen LogP contribution in [-0.4, -0.2) is 16.8 Å². The molecule has 3 aromatic rings. The van der Waals surface area contributed by atoms with Gasteiger partial charge >= 0.3 is 6.36 Å². The molecule has 8 heteroatoms. The van der Waals surface area contributed by atoms with Crippen LogP contribution in [0, 0.1) is 13.8 Å². The van der Waals surface area contributed by atoms with Gasteiger partial charge in [0.1, 0.15) is 5.75 Å². The predicted molar refractivity (Wildman–Crippen MR) is 107 cm³/mol. The number of ether oxygens (including phenoxy) is 1. The van der Waals surface area contributed by atoms with Crippen molar-refractivity contribution in [2.24, 2.45) is 0 Å². The summed E-state index contributed by atoms with van der Waals surface area (Å²) < 4.78 is 41.9. The van der Waals surface area contributed by atoms with E-state index in [1.807, 2.05) is 32.0 Å². The number of nitrogens with zero attached hydrogens (tertiary/aromatic N) is 1.